The Labute approximate surface area is 141 Å². The van der Waals surface area contributed by atoms with Crippen LogP contribution in [-0.2, 0) is 17.8 Å². The van der Waals surface area contributed by atoms with Crippen molar-refractivity contribution in [2.75, 3.05) is 13.7 Å². The molecule has 1 aliphatic heterocycles. The molecule has 24 heavy (non-hydrogen) atoms. The van der Waals surface area contributed by atoms with E-state index < -0.39 is 0 Å². The summed E-state index contributed by atoms with van der Waals surface area (Å²) in [6, 6.07) is 7.59. The molecule has 0 bridgehead atoms. The predicted octanol–water partition coefficient (Wildman–Crippen LogP) is 2.10. The van der Waals surface area contributed by atoms with Crippen molar-refractivity contribution in [2.45, 2.75) is 38.8 Å². The Kier molecular flexibility index (Phi) is 5.03. The zero-order valence-corrected chi connectivity index (χ0v) is 14.1. The van der Waals surface area contributed by atoms with Gasteiger partial charge in [-0.3, -0.25) is 4.79 Å². The highest BCUT2D eigenvalue weighted by Gasteiger charge is 2.21. The zero-order chi connectivity index (χ0) is 16.9. The molecule has 2 heterocycles. The van der Waals surface area contributed by atoms with Gasteiger partial charge in [-0.05, 0) is 25.5 Å². The highest BCUT2D eigenvalue weighted by molar-refractivity contribution is 5.76. The third kappa shape index (κ3) is 3.88. The largest absolute Gasteiger partial charge is 0.493 e. The molecule has 1 aromatic heterocycles. The highest BCUT2D eigenvalue weighted by Crippen LogP contribution is 2.25. The minimum Gasteiger partial charge on any atom is -0.493 e. The Hall–Kier alpha value is -2.50. The number of hydrogen-bond donors (Lipinski definition) is 1. The lowest BCUT2D eigenvalue weighted by Crippen LogP contribution is -2.41. The predicted molar refractivity (Wildman–Crippen MR) is 90.3 cm³/mol. The van der Waals surface area contributed by atoms with Crippen LogP contribution in [0.5, 0.6) is 11.5 Å². The summed E-state index contributed by atoms with van der Waals surface area (Å²) in [7, 11) is 1.60. The van der Waals surface area contributed by atoms with Crippen molar-refractivity contribution in [1.29, 1.82) is 0 Å². The number of methoxy groups -OCH3 is 1. The average molecular weight is 329 g/mol. The maximum atomic E-state index is 12.1. The highest BCUT2D eigenvalue weighted by atomic mass is 16.5. The molecule has 0 spiro atoms. The van der Waals surface area contributed by atoms with E-state index in [-0.39, 0.29) is 11.9 Å². The lowest BCUT2D eigenvalue weighted by molar-refractivity contribution is -0.122. The standard InChI is InChI=1S/C18H23N3O3/c1-13-11-21-12-14(7-8-17(21)19-13)20-18(22)9-10-24-16-6-4-3-5-15(16)23-2/h3-6,11,14H,7-10,12H2,1-2H3,(H,20,22). The van der Waals surface area contributed by atoms with Gasteiger partial charge in [0, 0.05) is 25.2 Å². The number of benzene rings is 1. The second-order valence-corrected chi connectivity index (χ2v) is 6.00. The van der Waals surface area contributed by atoms with E-state index >= 15 is 0 Å². The first-order chi connectivity index (χ1) is 11.7. The van der Waals surface area contributed by atoms with Crippen molar-refractivity contribution in [3.63, 3.8) is 0 Å². The number of imidazole rings is 1. The van der Waals surface area contributed by atoms with E-state index in [0.29, 0.717) is 24.5 Å². The lowest BCUT2D eigenvalue weighted by Gasteiger charge is -2.24. The van der Waals surface area contributed by atoms with E-state index in [0.717, 1.165) is 30.9 Å². The van der Waals surface area contributed by atoms with Gasteiger partial charge in [0.05, 0.1) is 25.8 Å². The molecule has 0 saturated heterocycles. The Balaban J connectivity index is 1.45. The molecule has 1 aromatic carbocycles. The van der Waals surface area contributed by atoms with Crippen molar-refractivity contribution >= 4 is 5.91 Å². The van der Waals surface area contributed by atoms with E-state index in [1.165, 1.54) is 0 Å². The summed E-state index contributed by atoms with van der Waals surface area (Å²) in [6.07, 6.45) is 4.19. The fourth-order valence-electron chi connectivity index (χ4n) is 3.00. The van der Waals surface area contributed by atoms with Crippen molar-refractivity contribution in [2.24, 2.45) is 0 Å². The SMILES string of the molecule is COc1ccccc1OCCC(=O)NC1CCc2nc(C)cn2C1. The topological polar surface area (TPSA) is 65.4 Å². The van der Waals surface area contributed by atoms with Gasteiger partial charge in [-0.25, -0.2) is 4.98 Å². The second-order valence-electron chi connectivity index (χ2n) is 6.00. The quantitative estimate of drug-likeness (QED) is 0.881. The number of aromatic nitrogens is 2. The Morgan fingerprint density at radius 3 is 2.96 bits per heavy atom. The summed E-state index contributed by atoms with van der Waals surface area (Å²) in [6.45, 7) is 3.11. The number of amides is 1. The summed E-state index contributed by atoms with van der Waals surface area (Å²) in [4.78, 5) is 16.6. The fourth-order valence-corrected chi connectivity index (χ4v) is 3.00. The smallest absolute Gasteiger partial charge is 0.223 e. The molecule has 1 N–H and O–H groups in total. The number of hydrogen-bond acceptors (Lipinski definition) is 4. The molecule has 3 rings (SSSR count). The normalized spacial score (nSPS) is 16.3. The van der Waals surface area contributed by atoms with Crippen molar-refractivity contribution < 1.29 is 14.3 Å². The number of ether oxygens (including phenoxy) is 2. The van der Waals surface area contributed by atoms with Crippen LogP contribution in [-0.4, -0.2) is 35.2 Å². The minimum atomic E-state index is 0.00943. The maximum Gasteiger partial charge on any atom is 0.223 e. The number of rotatable bonds is 6. The molecular formula is C18H23N3O3. The number of nitrogens with zero attached hydrogens (tertiary/aromatic N) is 2. The van der Waals surface area contributed by atoms with Gasteiger partial charge in [-0.2, -0.15) is 0 Å². The summed E-state index contributed by atoms with van der Waals surface area (Å²) >= 11 is 0. The van der Waals surface area contributed by atoms with Crippen LogP contribution in [0.15, 0.2) is 30.5 Å². The van der Waals surface area contributed by atoms with Gasteiger partial charge in [0.2, 0.25) is 5.91 Å². The van der Waals surface area contributed by atoms with Crippen LogP contribution in [0, 0.1) is 6.92 Å². The van der Waals surface area contributed by atoms with Gasteiger partial charge in [-0.1, -0.05) is 12.1 Å². The molecule has 0 radical (unpaired) electrons. The Bertz CT molecular complexity index is 711. The molecule has 2 aromatic rings. The molecule has 1 aliphatic rings. The van der Waals surface area contributed by atoms with E-state index in [4.69, 9.17) is 9.47 Å². The molecule has 128 valence electrons. The molecule has 0 aliphatic carbocycles. The van der Waals surface area contributed by atoms with Gasteiger partial charge in [-0.15, -0.1) is 0 Å². The lowest BCUT2D eigenvalue weighted by atomic mass is 10.1. The van der Waals surface area contributed by atoms with Crippen LogP contribution in [0.4, 0.5) is 0 Å². The van der Waals surface area contributed by atoms with Gasteiger partial charge < -0.3 is 19.4 Å². The number of carbonyl (C=O) groups excluding carboxylic acids is 1. The van der Waals surface area contributed by atoms with E-state index in [2.05, 4.69) is 14.9 Å². The van der Waals surface area contributed by atoms with Crippen LogP contribution in [0.3, 0.4) is 0 Å². The third-order valence-electron chi connectivity index (χ3n) is 4.13. The molecule has 0 saturated carbocycles. The minimum absolute atomic E-state index is 0.00943. The van der Waals surface area contributed by atoms with Gasteiger partial charge in [0.1, 0.15) is 5.82 Å². The summed E-state index contributed by atoms with van der Waals surface area (Å²) in [5, 5.41) is 3.09. The number of para-hydroxylation sites is 2. The van der Waals surface area contributed by atoms with Crippen molar-refractivity contribution in [3.8, 4) is 11.5 Å². The van der Waals surface area contributed by atoms with E-state index in [1.807, 2.05) is 37.4 Å². The molecule has 1 unspecified atom stereocenters. The van der Waals surface area contributed by atoms with Crippen LogP contribution in [0.25, 0.3) is 0 Å². The Morgan fingerprint density at radius 1 is 1.38 bits per heavy atom. The van der Waals surface area contributed by atoms with Crippen LogP contribution in [0.2, 0.25) is 0 Å². The number of aryl methyl sites for hydroxylation is 2. The third-order valence-corrected chi connectivity index (χ3v) is 4.13. The first-order valence-electron chi connectivity index (χ1n) is 8.23. The number of carbonyl (C=O) groups is 1. The first-order valence-corrected chi connectivity index (χ1v) is 8.23. The average Bonchev–Trinajstić information content (AvgIpc) is 2.94. The molecule has 1 atom stereocenters. The van der Waals surface area contributed by atoms with Gasteiger partial charge in [0.25, 0.3) is 0 Å². The zero-order valence-electron chi connectivity index (χ0n) is 14.1. The molecule has 0 fully saturated rings. The monoisotopic (exact) mass is 329 g/mol. The molecule has 6 heteroatoms. The fraction of sp³-hybridized carbons (Fsp3) is 0.444. The number of fused-ring (bicyclic) bond motifs is 1. The maximum absolute atomic E-state index is 12.1. The van der Waals surface area contributed by atoms with Crippen LogP contribution >= 0.6 is 0 Å². The molecular weight excluding hydrogens is 306 g/mol. The van der Waals surface area contributed by atoms with Gasteiger partial charge in [0.15, 0.2) is 11.5 Å². The van der Waals surface area contributed by atoms with E-state index in [9.17, 15) is 4.79 Å². The summed E-state index contributed by atoms with van der Waals surface area (Å²) in [5.74, 6) is 2.45. The van der Waals surface area contributed by atoms with Crippen molar-refractivity contribution in [1.82, 2.24) is 14.9 Å². The number of nitrogens with one attached hydrogen (secondary N) is 1. The van der Waals surface area contributed by atoms with Gasteiger partial charge >= 0.3 is 0 Å². The Morgan fingerprint density at radius 2 is 2.17 bits per heavy atom. The van der Waals surface area contributed by atoms with Crippen LogP contribution < -0.4 is 14.8 Å². The second kappa shape index (κ2) is 7.38. The van der Waals surface area contributed by atoms with Crippen LogP contribution in [0.1, 0.15) is 24.4 Å². The summed E-state index contributed by atoms with van der Waals surface area (Å²) < 4.78 is 13.0. The molecule has 6 nitrogen and oxygen atoms in total. The molecule has 1 amide bonds. The summed E-state index contributed by atoms with van der Waals surface area (Å²) in [5.41, 5.74) is 1.03. The van der Waals surface area contributed by atoms with E-state index in [1.54, 1.807) is 7.11 Å². The van der Waals surface area contributed by atoms with Crippen molar-refractivity contribution in [3.05, 3.63) is 42.0 Å². The first kappa shape index (κ1) is 16.4.